The van der Waals surface area contributed by atoms with Crippen molar-refractivity contribution in [2.45, 2.75) is 77.4 Å². The average molecular weight is 583 g/mol. The molecule has 0 aliphatic heterocycles. The predicted octanol–water partition coefficient (Wildman–Crippen LogP) is 5.71. The molecule has 10 heteroatoms. The van der Waals surface area contributed by atoms with Crippen LogP contribution in [0.2, 0.25) is 10.0 Å². The molecule has 2 aromatic carbocycles. The van der Waals surface area contributed by atoms with E-state index in [-0.39, 0.29) is 37.4 Å². The van der Waals surface area contributed by atoms with Gasteiger partial charge in [-0.1, -0.05) is 66.7 Å². The summed E-state index contributed by atoms with van der Waals surface area (Å²) >= 11 is 12.3. The summed E-state index contributed by atoms with van der Waals surface area (Å²) in [6.45, 7) is 4.17. The number of halogens is 2. The van der Waals surface area contributed by atoms with Gasteiger partial charge in [-0.25, -0.2) is 8.42 Å². The number of amides is 2. The number of sulfonamides is 1. The number of hydrogen-bond donors (Lipinski definition) is 1. The minimum Gasteiger partial charge on any atom is -0.352 e. The molecule has 0 saturated heterocycles. The van der Waals surface area contributed by atoms with Crippen molar-refractivity contribution in [1.82, 2.24) is 10.2 Å². The van der Waals surface area contributed by atoms with Gasteiger partial charge >= 0.3 is 0 Å². The highest BCUT2D eigenvalue weighted by Crippen LogP contribution is 2.25. The Labute approximate surface area is 236 Å². The number of carbonyl (C=O) groups is 2. The van der Waals surface area contributed by atoms with Crippen molar-refractivity contribution in [3.05, 3.63) is 63.6 Å². The fourth-order valence-electron chi connectivity index (χ4n) is 4.84. The van der Waals surface area contributed by atoms with Gasteiger partial charge in [-0.05, 0) is 62.4 Å². The molecular weight excluding hydrogens is 545 g/mol. The van der Waals surface area contributed by atoms with Crippen LogP contribution in [0.1, 0.15) is 63.0 Å². The Morgan fingerprint density at radius 1 is 1.05 bits per heavy atom. The number of nitrogens with zero attached hydrogens (tertiary/aromatic N) is 2. The molecule has 0 heterocycles. The lowest BCUT2D eigenvalue weighted by Gasteiger charge is -2.32. The van der Waals surface area contributed by atoms with Gasteiger partial charge in [-0.15, -0.1) is 0 Å². The fraction of sp³-hybridized carbons (Fsp3) is 0.500. The van der Waals surface area contributed by atoms with E-state index in [0.29, 0.717) is 28.6 Å². The zero-order valence-corrected chi connectivity index (χ0v) is 24.6. The van der Waals surface area contributed by atoms with Gasteiger partial charge in [0.05, 0.1) is 22.0 Å². The van der Waals surface area contributed by atoms with Crippen molar-refractivity contribution in [1.29, 1.82) is 0 Å². The van der Waals surface area contributed by atoms with Crippen LogP contribution in [-0.4, -0.2) is 50.0 Å². The summed E-state index contributed by atoms with van der Waals surface area (Å²) in [7, 11) is -3.54. The summed E-state index contributed by atoms with van der Waals surface area (Å²) in [4.78, 5) is 28.4. The van der Waals surface area contributed by atoms with Crippen LogP contribution >= 0.6 is 23.2 Å². The maximum absolute atomic E-state index is 13.6. The zero-order valence-electron chi connectivity index (χ0n) is 22.3. The first-order valence-corrected chi connectivity index (χ1v) is 15.7. The molecule has 7 nitrogen and oxygen atoms in total. The zero-order chi connectivity index (χ0) is 27.9. The minimum atomic E-state index is -3.54. The van der Waals surface area contributed by atoms with Gasteiger partial charge in [0.2, 0.25) is 21.8 Å². The van der Waals surface area contributed by atoms with Crippen molar-refractivity contribution in [2.75, 3.05) is 17.1 Å². The number of carbonyl (C=O) groups excluding carboxylic acids is 2. The lowest BCUT2D eigenvalue weighted by atomic mass is 10.1. The molecule has 3 rings (SSSR count). The quantitative estimate of drug-likeness (QED) is 0.347. The smallest absolute Gasteiger partial charge is 0.243 e. The van der Waals surface area contributed by atoms with E-state index in [1.165, 1.54) is 4.31 Å². The van der Waals surface area contributed by atoms with Crippen LogP contribution in [0.4, 0.5) is 5.69 Å². The molecule has 1 saturated carbocycles. The highest BCUT2D eigenvalue weighted by molar-refractivity contribution is 7.92. The minimum absolute atomic E-state index is 0.0897. The second-order valence-corrected chi connectivity index (χ2v) is 12.7. The van der Waals surface area contributed by atoms with E-state index in [2.05, 4.69) is 5.32 Å². The van der Waals surface area contributed by atoms with E-state index in [4.69, 9.17) is 23.2 Å². The Hall–Kier alpha value is -2.29. The van der Waals surface area contributed by atoms with Gasteiger partial charge in [-0.3, -0.25) is 13.9 Å². The Kier molecular flexibility index (Phi) is 10.9. The molecule has 0 spiro atoms. The first-order chi connectivity index (χ1) is 18.0. The monoisotopic (exact) mass is 581 g/mol. The molecule has 1 N–H and O–H groups in total. The van der Waals surface area contributed by atoms with Gasteiger partial charge < -0.3 is 10.2 Å². The maximum atomic E-state index is 13.6. The van der Waals surface area contributed by atoms with E-state index in [0.717, 1.165) is 43.1 Å². The molecule has 1 unspecified atom stereocenters. The third-order valence-corrected chi connectivity index (χ3v) is 8.83. The van der Waals surface area contributed by atoms with E-state index < -0.39 is 16.1 Å². The highest BCUT2D eigenvalue weighted by atomic mass is 35.5. The molecule has 0 bridgehead atoms. The molecule has 38 heavy (non-hydrogen) atoms. The topological polar surface area (TPSA) is 86.8 Å². The van der Waals surface area contributed by atoms with Crippen LogP contribution in [0.25, 0.3) is 0 Å². The van der Waals surface area contributed by atoms with E-state index >= 15 is 0 Å². The lowest BCUT2D eigenvalue weighted by molar-refractivity contribution is -0.141. The molecular formula is C28H37Cl2N3O4S. The summed E-state index contributed by atoms with van der Waals surface area (Å²) in [6.07, 6.45) is 6.07. The van der Waals surface area contributed by atoms with Crippen LogP contribution in [0.5, 0.6) is 0 Å². The van der Waals surface area contributed by atoms with Gasteiger partial charge in [0.1, 0.15) is 6.04 Å². The molecule has 2 amide bonds. The Bertz CT molecular complexity index is 1220. The van der Waals surface area contributed by atoms with Crippen LogP contribution < -0.4 is 9.62 Å². The van der Waals surface area contributed by atoms with Crippen molar-refractivity contribution < 1.29 is 18.0 Å². The SMILES string of the molecule is CCC(C(=O)NC1CCCC1)N(Cc1ccc(Cl)c(Cl)c1)C(=O)CCCN(c1ccc(C)cc1)S(C)(=O)=O. The summed E-state index contributed by atoms with van der Waals surface area (Å²) in [5, 5.41) is 3.91. The van der Waals surface area contributed by atoms with Gasteiger partial charge in [0.15, 0.2) is 0 Å². The third-order valence-electron chi connectivity index (χ3n) is 6.90. The Balaban J connectivity index is 1.77. The maximum Gasteiger partial charge on any atom is 0.243 e. The number of nitrogens with one attached hydrogen (secondary N) is 1. The Morgan fingerprint density at radius 3 is 2.29 bits per heavy atom. The van der Waals surface area contributed by atoms with Crippen LogP contribution in [0, 0.1) is 6.92 Å². The number of benzene rings is 2. The largest absolute Gasteiger partial charge is 0.352 e. The molecule has 2 aromatic rings. The first-order valence-electron chi connectivity index (χ1n) is 13.1. The summed E-state index contributed by atoms with van der Waals surface area (Å²) < 4.78 is 26.3. The van der Waals surface area contributed by atoms with Crippen molar-refractivity contribution in [3.8, 4) is 0 Å². The van der Waals surface area contributed by atoms with Crippen LogP contribution in [0.15, 0.2) is 42.5 Å². The van der Waals surface area contributed by atoms with Gasteiger partial charge in [0.25, 0.3) is 0 Å². The van der Waals surface area contributed by atoms with E-state index in [9.17, 15) is 18.0 Å². The molecule has 0 radical (unpaired) electrons. The second-order valence-electron chi connectivity index (χ2n) is 9.96. The number of rotatable bonds is 12. The molecule has 1 fully saturated rings. The highest BCUT2D eigenvalue weighted by Gasteiger charge is 2.31. The standard InChI is InChI=1S/C28H37Cl2N3O4S/c1-4-26(28(35)31-22-8-5-6-9-22)32(19-21-13-16-24(29)25(30)18-21)27(34)10-7-17-33(38(3,36)37)23-14-11-20(2)12-15-23/h11-16,18,22,26H,4-10,17,19H2,1-3H3,(H,31,35). The summed E-state index contributed by atoms with van der Waals surface area (Å²) in [5.41, 5.74) is 2.34. The summed E-state index contributed by atoms with van der Waals surface area (Å²) in [5.74, 6) is -0.382. The molecule has 0 aromatic heterocycles. The van der Waals surface area contributed by atoms with Crippen molar-refractivity contribution in [2.24, 2.45) is 0 Å². The molecule has 208 valence electrons. The van der Waals surface area contributed by atoms with Crippen LogP contribution in [0.3, 0.4) is 0 Å². The Morgan fingerprint density at radius 2 is 1.71 bits per heavy atom. The number of aryl methyl sites for hydroxylation is 1. The first kappa shape index (κ1) is 30.3. The third kappa shape index (κ3) is 8.35. The number of hydrogen-bond acceptors (Lipinski definition) is 4. The average Bonchev–Trinajstić information content (AvgIpc) is 3.37. The van der Waals surface area contributed by atoms with E-state index in [1.807, 2.05) is 26.0 Å². The lowest BCUT2D eigenvalue weighted by Crippen LogP contribution is -2.51. The van der Waals surface area contributed by atoms with Crippen molar-refractivity contribution in [3.63, 3.8) is 0 Å². The molecule has 1 aliphatic carbocycles. The van der Waals surface area contributed by atoms with Gasteiger partial charge in [0, 0.05) is 25.6 Å². The number of anilines is 1. The molecule has 1 aliphatic rings. The predicted molar refractivity (Wildman–Crippen MR) is 154 cm³/mol. The van der Waals surface area contributed by atoms with E-state index in [1.54, 1.807) is 35.2 Å². The van der Waals surface area contributed by atoms with Crippen LogP contribution in [-0.2, 0) is 26.2 Å². The summed E-state index contributed by atoms with van der Waals surface area (Å²) in [6, 6.07) is 11.9. The fourth-order valence-corrected chi connectivity index (χ4v) is 6.12. The van der Waals surface area contributed by atoms with Gasteiger partial charge in [-0.2, -0.15) is 0 Å². The normalized spacial score (nSPS) is 14.8. The second kappa shape index (κ2) is 13.7. The molecule has 1 atom stereocenters. The van der Waals surface area contributed by atoms with Crippen molar-refractivity contribution >= 4 is 50.7 Å².